The van der Waals surface area contributed by atoms with Gasteiger partial charge < -0.3 is 14.6 Å². The Morgan fingerprint density at radius 1 is 0.933 bits per heavy atom. The number of rotatable bonds is 6. The van der Waals surface area contributed by atoms with Crippen molar-refractivity contribution in [3.63, 3.8) is 0 Å². The fraction of sp³-hybridized carbons (Fsp3) is 0.130. The topological polar surface area (TPSA) is 90.1 Å². The fourth-order valence-electron chi connectivity index (χ4n) is 2.97. The number of nitrogens with one attached hydrogen (secondary N) is 1. The molecule has 0 fully saturated rings. The highest BCUT2D eigenvalue weighted by atomic mass is 16.5. The van der Waals surface area contributed by atoms with E-state index in [9.17, 15) is 4.79 Å². The molecule has 1 N–H and O–H groups in total. The third-order valence-electron chi connectivity index (χ3n) is 4.44. The van der Waals surface area contributed by atoms with Crippen molar-refractivity contribution in [2.24, 2.45) is 0 Å². The summed E-state index contributed by atoms with van der Waals surface area (Å²) in [6.07, 6.45) is 0. The van der Waals surface area contributed by atoms with Gasteiger partial charge in [0.05, 0.1) is 5.56 Å². The molecule has 0 unspecified atom stereocenters. The Bertz CT molecular complexity index is 1190. The molecule has 2 aromatic carbocycles. The molecule has 1 amide bonds. The van der Waals surface area contributed by atoms with Gasteiger partial charge in [-0.25, -0.2) is 4.98 Å². The maximum Gasteiger partial charge on any atom is 0.263 e. The average Bonchev–Trinajstić information content (AvgIpc) is 3.23. The van der Waals surface area contributed by atoms with E-state index in [0.29, 0.717) is 28.8 Å². The molecule has 2 heterocycles. The maximum atomic E-state index is 12.2. The number of amides is 1. The van der Waals surface area contributed by atoms with Crippen LogP contribution in [0.5, 0.6) is 5.75 Å². The monoisotopic (exact) mass is 400 g/mol. The minimum Gasteiger partial charge on any atom is -0.483 e. The molecule has 0 saturated heterocycles. The largest absolute Gasteiger partial charge is 0.483 e. The average molecular weight is 400 g/mol. The second kappa shape index (κ2) is 8.57. The first-order valence-corrected chi connectivity index (χ1v) is 9.45. The summed E-state index contributed by atoms with van der Waals surface area (Å²) in [6.45, 7) is 3.67. The van der Waals surface area contributed by atoms with Crippen LogP contribution in [0.4, 0.5) is 5.82 Å². The lowest BCUT2D eigenvalue weighted by Crippen LogP contribution is -2.21. The van der Waals surface area contributed by atoms with Gasteiger partial charge >= 0.3 is 0 Å². The predicted molar refractivity (Wildman–Crippen MR) is 113 cm³/mol. The number of aromatic nitrogens is 3. The Morgan fingerprint density at radius 2 is 1.70 bits per heavy atom. The summed E-state index contributed by atoms with van der Waals surface area (Å²) in [6, 6.07) is 20.5. The first-order valence-electron chi connectivity index (χ1n) is 9.45. The van der Waals surface area contributed by atoms with Crippen LogP contribution in [0.15, 0.2) is 71.3 Å². The third kappa shape index (κ3) is 4.35. The van der Waals surface area contributed by atoms with Gasteiger partial charge in [-0.15, -0.1) is 0 Å². The fourth-order valence-corrected chi connectivity index (χ4v) is 2.97. The number of hydrogen-bond acceptors (Lipinski definition) is 6. The Balaban J connectivity index is 1.49. The van der Waals surface area contributed by atoms with E-state index >= 15 is 0 Å². The number of anilines is 1. The molecular formula is C23H20N4O3. The summed E-state index contributed by atoms with van der Waals surface area (Å²) in [5.41, 5.74) is 3.39. The van der Waals surface area contributed by atoms with Crippen LogP contribution >= 0.6 is 0 Å². The van der Waals surface area contributed by atoms with Crippen LogP contribution < -0.4 is 10.1 Å². The van der Waals surface area contributed by atoms with Crippen LogP contribution in [0.1, 0.15) is 11.3 Å². The van der Waals surface area contributed by atoms with Crippen molar-refractivity contribution in [2.75, 3.05) is 11.9 Å². The van der Waals surface area contributed by atoms with Crippen LogP contribution in [0, 0.1) is 13.8 Å². The molecule has 7 heteroatoms. The Labute approximate surface area is 173 Å². The molecule has 0 radical (unpaired) electrons. The SMILES string of the molecule is Cc1cccc(NC(=O)COc2ccccc2-c2nc(-c3ccccc3C)no2)n1. The highest BCUT2D eigenvalue weighted by Gasteiger charge is 2.16. The first-order chi connectivity index (χ1) is 14.6. The van der Waals surface area contributed by atoms with E-state index in [2.05, 4.69) is 20.4 Å². The predicted octanol–water partition coefficient (Wildman–Crippen LogP) is 4.43. The lowest BCUT2D eigenvalue weighted by Gasteiger charge is -2.09. The van der Waals surface area contributed by atoms with Crippen molar-refractivity contribution in [3.8, 4) is 28.6 Å². The van der Waals surface area contributed by atoms with Crippen LogP contribution in [-0.2, 0) is 4.79 Å². The second-order valence-electron chi connectivity index (χ2n) is 6.74. The summed E-state index contributed by atoms with van der Waals surface area (Å²) < 4.78 is 11.2. The van der Waals surface area contributed by atoms with Crippen LogP contribution in [0.25, 0.3) is 22.8 Å². The van der Waals surface area contributed by atoms with E-state index in [0.717, 1.165) is 16.8 Å². The van der Waals surface area contributed by atoms with Gasteiger partial charge in [0.15, 0.2) is 6.61 Å². The van der Waals surface area contributed by atoms with Gasteiger partial charge in [-0.2, -0.15) is 4.98 Å². The van der Waals surface area contributed by atoms with E-state index in [1.807, 2.05) is 68.4 Å². The molecule has 4 rings (SSSR count). The standard InChI is InChI=1S/C23H20N4O3/c1-15-8-3-4-10-17(15)22-26-23(30-27-22)18-11-5-6-12-19(18)29-14-21(28)25-20-13-7-9-16(2)24-20/h3-13H,14H2,1-2H3,(H,24,25,28). The third-order valence-corrected chi connectivity index (χ3v) is 4.44. The quantitative estimate of drug-likeness (QED) is 0.515. The number of nitrogens with zero attached hydrogens (tertiary/aromatic N) is 3. The second-order valence-corrected chi connectivity index (χ2v) is 6.74. The highest BCUT2D eigenvalue weighted by Crippen LogP contribution is 2.30. The number of para-hydroxylation sites is 1. The number of carbonyl (C=O) groups is 1. The van der Waals surface area contributed by atoms with Crippen molar-refractivity contribution in [3.05, 3.63) is 78.0 Å². The summed E-state index contributed by atoms with van der Waals surface area (Å²) >= 11 is 0. The molecule has 4 aromatic rings. The molecule has 0 bridgehead atoms. The summed E-state index contributed by atoms with van der Waals surface area (Å²) in [7, 11) is 0. The van der Waals surface area contributed by atoms with E-state index < -0.39 is 0 Å². The Hall–Kier alpha value is -4.00. The number of carbonyl (C=O) groups excluding carboxylic acids is 1. The molecule has 0 saturated carbocycles. The van der Waals surface area contributed by atoms with Crippen LogP contribution in [-0.4, -0.2) is 27.6 Å². The van der Waals surface area contributed by atoms with Crippen molar-refractivity contribution in [1.82, 2.24) is 15.1 Å². The number of benzene rings is 2. The molecule has 0 aliphatic carbocycles. The summed E-state index contributed by atoms with van der Waals surface area (Å²) in [5.74, 6) is 1.47. The molecule has 0 spiro atoms. The van der Waals surface area contributed by atoms with Crippen molar-refractivity contribution in [2.45, 2.75) is 13.8 Å². The zero-order valence-corrected chi connectivity index (χ0v) is 16.6. The molecule has 0 aliphatic heterocycles. The lowest BCUT2D eigenvalue weighted by molar-refractivity contribution is -0.118. The van der Waals surface area contributed by atoms with E-state index in [4.69, 9.17) is 9.26 Å². The molecule has 2 aromatic heterocycles. The van der Waals surface area contributed by atoms with Gasteiger partial charge in [-0.3, -0.25) is 4.79 Å². The van der Waals surface area contributed by atoms with E-state index in [1.165, 1.54) is 0 Å². The van der Waals surface area contributed by atoms with Gasteiger partial charge in [-0.05, 0) is 43.7 Å². The van der Waals surface area contributed by atoms with Crippen molar-refractivity contribution in [1.29, 1.82) is 0 Å². The molecule has 0 aliphatic rings. The van der Waals surface area contributed by atoms with Crippen molar-refractivity contribution >= 4 is 11.7 Å². The lowest BCUT2D eigenvalue weighted by atomic mass is 10.1. The minimum absolute atomic E-state index is 0.175. The van der Waals surface area contributed by atoms with Crippen LogP contribution in [0.2, 0.25) is 0 Å². The maximum absolute atomic E-state index is 12.2. The molecular weight excluding hydrogens is 380 g/mol. The summed E-state index contributed by atoms with van der Waals surface area (Å²) in [4.78, 5) is 21.0. The molecule has 150 valence electrons. The van der Waals surface area contributed by atoms with Crippen LogP contribution in [0.3, 0.4) is 0 Å². The van der Waals surface area contributed by atoms with Gasteiger partial charge in [0, 0.05) is 11.3 Å². The normalized spacial score (nSPS) is 10.6. The van der Waals surface area contributed by atoms with Crippen molar-refractivity contribution < 1.29 is 14.1 Å². The van der Waals surface area contributed by atoms with E-state index in [-0.39, 0.29) is 12.5 Å². The van der Waals surface area contributed by atoms with Gasteiger partial charge in [-0.1, -0.05) is 47.6 Å². The number of hydrogen-bond donors (Lipinski definition) is 1. The van der Waals surface area contributed by atoms with Gasteiger partial charge in [0.2, 0.25) is 5.82 Å². The number of aryl methyl sites for hydroxylation is 2. The molecule has 7 nitrogen and oxygen atoms in total. The summed E-state index contributed by atoms with van der Waals surface area (Å²) in [5, 5.41) is 6.81. The smallest absolute Gasteiger partial charge is 0.263 e. The first kappa shape index (κ1) is 19.3. The minimum atomic E-state index is -0.311. The van der Waals surface area contributed by atoms with E-state index in [1.54, 1.807) is 12.1 Å². The zero-order chi connectivity index (χ0) is 20.9. The molecule has 30 heavy (non-hydrogen) atoms. The number of pyridine rings is 1. The zero-order valence-electron chi connectivity index (χ0n) is 16.6. The Morgan fingerprint density at radius 3 is 2.50 bits per heavy atom. The van der Waals surface area contributed by atoms with Gasteiger partial charge in [0.1, 0.15) is 11.6 Å². The van der Waals surface area contributed by atoms with Gasteiger partial charge in [0.25, 0.3) is 11.8 Å². The molecule has 0 atom stereocenters. The number of ether oxygens (including phenoxy) is 1. The highest BCUT2D eigenvalue weighted by molar-refractivity contribution is 5.91. The Kier molecular flexibility index (Phi) is 5.52.